The van der Waals surface area contributed by atoms with Gasteiger partial charge < -0.3 is 10.2 Å². The highest BCUT2D eigenvalue weighted by Crippen LogP contribution is 2.33. The van der Waals surface area contributed by atoms with E-state index in [-0.39, 0.29) is 0 Å². The van der Waals surface area contributed by atoms with Gasteiger partial charge in [-0.1, -0.05) is 13.8 Å². The second-order valence-corrected chi connectivity index (χ2v) is 7.16. The summed E-state index contributed by atoms with van der Waals surface area (Å²) in [5, 5.41) is 3.66. The zero-order valence-electron chi connectivity index (χ0n) is 13.4. The Kier molecular flexibility index (Phi) is 5.67. The molecule has 3 nitrogen and oxygen atoms in total. The molecule has 112 valence electrons. The number of rotatable bonds is 5. The molecular weight excluding hydrogens is 234 g/mol. The largest absolute Gasteiger partial charge is 0.316 e. The zero-order chi connectivity index (χ0) is 13.8. The normalized spacial score (nSPS) is 34.3. The summed E-state index contributed by atoms with van der Waals surface area (Å²) in [4.78, 5) is 5.30. The van der Waals surface area contributed by atoms with Crippen molar-refractivity contribution in [1.29, 1.82) is 0 Å². The Labute approximate surface area is 119 Å². The predicted octanol–water partition coefficient (Wildman–Crippen LogP) is 2.04. The molecule has 0 aromatic carbocycles. The first kappa shape index (κ1) is 15.3. The summed E-state index contributed by atoms with van der Waals surface area (Å²) in [7, 11) is 2.27. The molecule has 0 bridgehead atoms. The van der Waals surface area contributed by atoms with Crippen molar-refractivity contribution in [3.8, 4) is 0 Å². The average molecular weight is 267 g/mol. The molecule has 1 saturated carbocycles. The van der Waals surface area contributed by atoms with Crippen molar-refractivity contribution < 1.29 is 0 Å². The van der Waals surface area contributed by atoms with Gasteiger partial charge in [0.05, 0.1) is 0 Å². The van der Waals surface area contributed by atoms with Crippen LogP contribution in [0.15, 0.2) is 0 Å². The first-order valence-electron chi connectivity index (χ1n) is 8.23. The van der Waals surface area contributed by atoms with Gasteiger partial charge in [0.1, 0.15) is 0 Å². The van der Waals surface area contributed by atoms with Crippen molar-refractivity contribution in [3.63, 3.8) is 0 Å². The van der Waals surface area contributed by atoms with Gasteiger partial charge >= 0.3 is 0 Å². The summed E-state index contributed by atoms with van der Waals surface area (Å²) in [6, 6.07) is 1.58. The standard InChI is InChI=1S/C16H33N3/c1-13(2)10-17-11-15-6-7-16(15)19-9-5-8-18(4)12-14(19)3/h13-17H,5-12H2,1-4H3. The van der Waals surface area contributed by atoms with E-state index < -0.39 is 0 Å². The maximum absolute atomic E-state index is 3.66. The molecule has 2 rings (SSSR count). The highest BCUT2D eigenvalue weighted by Gasteiger charge is 2.37. The number of nitrogens with zero attached hydrogens (tertiary/aromatic N) is 2. The molecule has 3 atom stereocenters. The van der Waals surface area contributed by atoms with E-state index >= 15 is 0 Å². The van der Waals surface area contributed by atoms with Crippen LogP contribution in [0.3, 0.4) is 0 Å². The Morgan fingerprint density at radius 2 is 2.00 bits per heavy atom. The van der Waals surface area contributed by atoms with Gasteiger partial charge in [0.2, 0.25) is 0 Å². The van der Waals surface area contributed by atoms with Crippen molar-refractivity contribution in [3.05, 3.63) is 0 Å². The Morgan fingerprint density at radius 3 is 2.63 bits per heavy atom. The number of nitrogens with one attached hydrogen (secondary N) is 1. The van der Waals surface area contributed by atoms with Crippen LogP contribution in [-0.2, 0) is 0 Å². The SMILES string of the molecule is CC(C)CNCC1CCC1N1CCCN(C)CC1C. The van der Waals surface area contributed by atoms with Crippen LogP contribution in [-0.4, -0.2) is 61.7 Å². The minimum absolute atomic E-state index is 0.727. The van der Waals surface area contributed by atoms with Gasteiger partial charge in [0, 0.05) is 18.6 Å². The van der Waals surface area contributed by atoms with Gasteiger partial charge in [0.15, 0.2) is 0 Å². The topological polar surface area (TPSA) is 18.5 Å². The van der Waals surface area contributed by atoms with Crippen molar-refractivity contribution >= 4 is 0 Å². The summed E-state index contributed by atoms with van der Waals surface area (Å²) < 4.78 is 0. The fraction of sp³-hybridized carbons (Fsp3) is 1.00. The average Bonchev–Trinajstić information content (AvgIpc) is 2.45. The molecule has 1 N–H and O–H groups in total. The van der Waals surface area contributed by atoms with Gasteiger partial charge in [-0.05, 0) is 71.2 Å². The maximum Gasteiger partial charge on any atom is 0.0197 e. The van der Waals surface area contributed by atoms with Gasteiger partial charge in [-0.2, -0.15) is 0 Å². The summed E-state index contributed by atoms with van der Waals surface area (Å²) in [6.45, 7) is 13.2. The third-order valence-corrected chi connectivity index (χ3v) is 4.86. The van der Waals surface area contributed by atoms with E-state index in [2.05, 4.69) is 42.9 Å². The Morgan fingerprint density at radius 1 is 1.21 bits per heavy atom. The van der Waals surface area contributed by atoms with Crippen LogP contribution >= 0.6 is 0 Å². The number of hydrogen-bond donors (Lipinski definition) is 1. The number of hydrogen-bond acceptors (Lipinski definition) is 3. The Balaban J connectivity index is 1.80. The summed E-state index contributed by atoms with van der Waals surface area (Å²) >= 11 is 0. The fourth-order valence-electron chi connectivity index (χ4n) is 3.67. The highest BCUT2D eigenvalue weighted by atomic mass is 15.3. The van der Waals surface area contributed by atoms with Crippen LogP contribution < -0.4 is 5.32 Å². The lowest BCUT2D eigenvalue weighted by molar-refractivity contribution is 0.0345. The second-order valence-electron chi connectivity index (χ2n) is 7.16. The maximum atomic E-state index is 3.66. The molecule has 2 fully saturated rings. The molecule has 3 unspecified atom stereocenters. The van der Waals surface area contributed by atoms with E-state index in [4.69, 9.17) is 0 Å². The summed E-state index contributed by atoms with van der Waals surface area (Å²) in [6.07, 6.45) is 4.18. The summed E-state index contributed by atoms with van der Waals surface area (Å²) in [5.41, 5.74) is 0. The van der Waals surface area contributed by atoms with Crippen molar-refractivity contribution in [2.45, 2.75) is 52.1 Å². The molecule has 0 aromatic heterocycles. The molecule has 0 spiro atoms. The fourth-order valence-corrected chi connectivity index (χ4v) is 3.67. The second kappa shape index (κ2) is 7.05. The first-order chi connectivity index (χ1) is 9.08. The van der Waals surface area contributed by atoms with Crippen LogP contribution in [0.5, 0.6) is 0 Å². The van der Waals surface area contributed by atoms with Crippen LogP contribution in [0.2, 0.25) is 0 Å². The molecule has 1 aliphatic heterocycles. The third kappa shape index (κ3) is 4.17. The molecule has 1 aliphatic carbocycles. The van der Waals surface area contributed by atoms with Gasteiger partial charge in [-0.3, -0.25) is 4.90 Å². The van der Waals surface area contributed by atoms with Crippen molar-refractivity contribution in [1.82, 2.24) is 15.1 Å². The molecular formula is C16H33N3. The van der Waals surface area contributed by atoms with Gasteiger partial charge in [0.25, 0.3) is 0 Å². The van der Waals surface area contributed by atoms with Gasteiger partial charge in [-0.25, -0.2) is 0 Å². The van der Waals surface area contributed by atoms with E-state index in [1.807, 2.05) is 0 Å². The first-order valence-corrected chi connectivity index (χ1v) is 8.23. The van der Waals surface area contributed by atoms with Crippen LogP contribution in [0, 0.1) is 11.8 Å². The molecule has 2 aliphatic rings. The van der Waals surface area contributed by atoms with E-state index in [0.717, 1.165) is 23.9 Å². The molecule has 19 heavy (non-hydrogen) atoms. The van der Waals surface area contributed by atoms with E-state index in [1.54, 1.807) is 0 Å². The lowest BCUT2D eigenvalue weighted by atomic mass is 9.77. The van der Waals surface area contributed by atoms with Crippen LogP contribution in [0.1, 0.15) is 40.0 Å². The zero-order valence-corrected chi connectivity index (χ0v) is 13.4. The monoisotopic (exact) mass is 267 g/mol. The minimum atomic E-state index is 0.727. The molecule has 0 radical (unpaired) electrons. The number of likely N-dealkylation sites (N-methyl/N-ethyl adjacent to an activating group) is 1. The lowest BCUT2D eigenvalue weighted by Crippen LogP contribution is -2.54. The molecule has 0 amide bonds. The molecule has 1 heterocycles. The van der Waals surface area contributed by atoms with Crippen molar-refractivity contribution in [2.75, 3.05) is 39.8 Å². The molecule has 0 aromatic rings. The quantitative estimate of drug-likeness (QED) is 0.822. The van der Waals surface area contributed by atoms with Crippen molar-refractivity contribution in [2.24, 2.45) is 11.8 Å². The lowest BCUT2D eigenvalue weighted by Gasteiger charge is -2.47. The van der Waals surface area contributed by atoms with Crippen LogP contribution in [0.25, 0.3) is 0 Å². The Hall–Kier alpha value is -0.120. The highest BCUT2D eigenvalue weighted by molar-refractivity contribution is 4.93. The van der Waals surface area contributed by atoms with Crippen LogP contribution in [0.4, 0.5) is 0 Å². The van der Waals surface area contributed by atoms with E-state index in [0.29, 0.717) is 0 Å². The summed E-state index contributed by atoms with van der Waals surface area (Å²) in [5.74, 6) is 1.66. The molecule has 3 heteroatoms. The van der Waals surface area contributed by atoms with E-state index in [1.165, 1.54) is 52.0 Å². The smallest absolute Gasteiger partial charge is 0.0197 e. The molecule has 1 saturated heterocycles. The minimum Gasteiger partial charge on any atom is -0.316 e. The predicted molar refractivity (Wildman–Crippen MR) is 82.5 cm³/mol. The Bertz CT molecular complexity index is 267. The van der Waals surface area contributed by atoms with E-state index in [9.17, 15) is 0 Å². The third-order valence-electron chi connectivity index (χ3n) is 4.86. The van der Waals surface area contributed by atoms with Gasteiger partial charge in [-0.15, -0.1) is 0 Å².